The molecule has 166 valence electrons. The summed E-state index contributed by atoms with van der Waals surface area (Å²) in [4.78, 5) is 25.2. The van der Waals surface area contributed by atoms with Crippen molar-refractivity contribution >= 4 is 22.5 Å². The fraction of sp³-hybridized carbons (Fsp3) is 0.263. The monoisotopic (exact) mass is 448 g/mol. The van der Waals surface area contributed by atoms with Gasteiger partial charge in [-0.1, -0.05) is 18.2 Å². The highest BCUT2D eigenvalue weighted by molar-refractivity contribution is 7.84. The maximum absolute atomic E-state index is 11.1. The molecule has 0 atom stereocenters. The number of para-hydroxylation sites is 1. The summed E-state index contributed by atoms with van der Waals surface area (Å²) in [5.41, 5.74) is 0.466. The molecular formula is C19H24N6O5S. The Hall–Kier alpha value is -3.51. The molecule has 0 aliphatic rings. The number of benzene rings is 1. The first kappa shape index (κ1) is 23.8. The lowest BCUT2D eigenvalue weighted by atomic mass is 10.3. The van der Waals surface area contributed by atoms with Gasteiger partial charge in [0.1, 0.15) is 17.9 Å². The van der Waals surface area contributed by atoms with Gasteiger partial charge in [0.25, 0.3) is 0 Å². The summed E-state index contributed by atoms with van der Waals surface area (Å²) in [5.74, 6) is 1.23. The van der Waals surface area contributed by atoms with E-state index in [2.05, 4.69) is 15.0 Å². The predicted octanol–water partition coefficient (Wildman–Crippen LogP) is 1.85. The largest absolute Gasteiger partial charge is 0.424 e. The topological polar surface area (TPSA) is 131 Å². The van der Waals surface area contributed by atoms with Crippen molar-refractivity contribution in [2.24, 2.45) is 0 Å². The van der Waals surface area contributed by atoms with Crippen LogP contribution in [0.15, 0.2) is 55.1 Å². The summed E-state index contributed by atoms with van der Waals surface area (Å²) in [5, 5.41) is 0. The highest BCUT2D eigenvalue weighted by Crippen LogP contribution is 2.20. The Morgan fingerprint density at radius 1 is 1.16 bits per heavy atom. The Balaban J connectivity index is 0.000000614. The lowest BCUT2D eigenvalue weighted by Gasteiger charge is -2.20. The van der Waals surface area contributed by atoms with Crippen LogP contribution in [0, 0.1) is 0 Å². The molecule has 0 unspecified atom stereocenters. The molecule has 0 aliphatic heterocycles. The van der Waals surface area contributed by atoms with Crippen molar-refractivity contribution in [1.82, 2.24) is 23.8 Å². The average molecular weight is 449 g/mol. The van der Waals surface area contributed by atoms with Crippen LogP contribution in [0.5, 0.6) is 11.8 Å². The number of nitrogens with zero attached hydrogens (tertiary/aromatic N) is 6. The highest BCUT2D eigenvalue weighted by Gasteiger charge is 2.14. The van der Waals surface area contributed by atoms with Crippen LogP contribution in [0.4, 0.5) is 5.82 Å². The van der Waals surface area contributed by atoms with Crippen molar-refractivity contribution in [3.8, 4) is 11.8 Å². The lowest BCUT2D eigenvalue weighted by Crippen LogP contribution is -2.23. The molecule has 11 nitrogen and oxygen atoms in total. The molecule has 1 amide bonds. The SMILES string of the molecule is CCN(Cc1cn(S(=O)(=O)O)cn1)c1ccnc(Oc2ccccc2)n1.CN(C)C=O. The molecule has 12 heteroatoms. The maximum atomic E-state index is 11.1. The minimum atomic E-state index is -4.34. The minimum Gasteiger partial charge on any atom is -0.424 e. The minimum absolute atomic E-state index is 0.204. The number of hydrogen-bond donors (Lipinski definition) is 1. The van der Waals surface area contributed by atoms with E-state index in [4.69, 9.17) is 9.29 Å². The van der Waals surface area contributed by atoms with Gasteiger partial charge < -0.3 is 14.5 Å². The number of hydrogen-bond acceptors (Lipinski definition) is 8. The molecule has 1 N–H and O–H groups in total. The van der Waals surface area contributed by atoms with Crippen LogP contribution in [-0.2, 0) is 21.6 Å². The maximum Gasteiger partial charge on any atom is 0.364 e. The van der Waals surface area contributed by atoms with Crippen LogP contribution in [0.1, 0.15) is 12.6 Å². The zero-order valence-corrected chi connectivity index (χ0v) is 18.2. The molecule has 3 aromatic rings. The van der Waals surface area contributed by atoms with Crippen molar-refractivity contribution in [3.05, 3.63) is 60.8 Å². The van der Waals surface area contributed by atoms with Gasteiger partial charge in [-0.15, -0.1) is 0 Å². The second kappa shape index (κ2) is 11.0. The normalized spacial score (nSPS) is 10.6. The van der Waals surface area contributed by atoms with E-state index in [-0.39, 0.29) is 6.01 Å². The van der Waals surface area contributed by atoms with E-state index >= 15 is 0 Å². The molecule has 0 saturated heterocycles. The van der Waals surface area contributed by atoms with E-state index in [9.17, 15) is 13.2 Å². The summed E-state index contributed by atoms with van der Waals surface area (Å²) < 4.78 is 37.6. The van der Waals surface area contributed by atoms with E-state index in [1.165, 1.54) is 11.1 Å². The molecule has 0 aliphatic carbocycles. The Labute approximate surface area is 180 Å². The molecule has 0 saturated carbocycles. The Kier molecular flexibility index (Phi) is 8.46. The van der Waals surface area contributed by atoms with Gasteiger partial charge in [0.05, 0.1) is 12.2 Å². The van der Waals surface area contributed by atoms with Gasteiger partial charge in [-0.3, -0.25) is 9.35 Å². The second-order valence-corrected chi connectivity index (χ2v) is 7.69. The van der Waals surface area contributed by atoms with Crippen molar-refractivity contribution < 1.29 is 22.5 Å². The number of rotatable bonds is 8. The van der Waals surface area contributed by atoms with Crippen LogP contribution in [0.25, 0.3) is 0 Å². The second-order valence-electron chi connectivity index (χ2n) is 6.37. The smallest absolute Gasteiger partial charge is 0.364 e. The van der Waals surface area contributed by atoms with E-state index in [0.717, 1.165) is 12.7 Å². The first-order valence-corrected chi connectivity index (χ1v) is 10.6. The van der Waals surface area contributed by atoms with E-state index < -0.39 is 10.3 Å². The van der Waals surface area contributed by atoms with Crippen LogP contribution in [-0.4, -0.2) is 63.8 Å². The number of aromatic nitrogens is 4. The Morgan fingerprint density at radius 3 is 2.39 bits per heavy atom. The predicted molar refractivity (Wildman–Crippen MR) is 114 cm³/mol. The first-order chi connectivity index (χ1) is 14.7. The molecular weight excluding hydrogens is 424 g/mol. The number of anilines is 1. The number of imidazole rings is 1. The van der Waals surface area contributed by atoms with Crippen LogP contribution >= 0.6 is 0 Å². The summed E-state index contributed by atoms with van der Waals surface area (Å²) in [7, 11) is -0.965. The van der Waals surface area contributed by atoms with Gasteiger partial charge in [0.15, 0.2) is 0 Å². The van der Waals surface area contributed by atoms with Gasteiger partial charge in [-0.2, -0.15) is 13.4 Å². The van der Waals surface area contributed by atoms with Crippen molar-refractivity contribution in [2.75, 3.05) is 25.5 Å². The average Bonchev–Trinajstić information content (AvgIpc) is 3.23. The van der Waals surface area contributed by atoms with Gasteiger partial charge in [0, 0.05) is 33.0 Å². The third kappa shape index (κ3) is 7.68. The number of amides is 1. The van der Waals surface area contributed by atoms with Crippen LogP contribution in [0.3, 0.4) is 0 Å². The fourth-order valence-corrected chi connectivity index (χ4v) is 2.68. The molecule has 0 bridgehead atoms. The lowest BCUT2D eigenvalue weighted by molar-refractivity contribution is -0.115. The van der Waals surface area contributed by atoms with E-state index in [1.807, 2.05) is 30.0 Å². The third-order valence-electron chi connectivity index (χ3n) is 3.72. The van der Waals surface area contributed by atoms with Crippen molar-refractivity contribution in [2.45, 2.75) is 13.5 Å². The van der Waals surface area contributed by atoms with E-state index in [0.29, 0.717) is 34.3 Å². The quantitative estimate of drug-likeness (QED) is 0.405. The summed E-state index contributed by atoms with van der Waals surface area (Å²) >= 11 is 0. The first-order valence-electron chi connectivity index (χ1n) is 9.16. The Morgan fingerprint density at radius 2 is 1.84 bits per heavy atom. The van der Waals surface area contributed by atoms with Gasteiger partial charge in [0.2, 0.25) is 6.41 Å². The number of carbonyl (C=O) groups excluding carboxylic acids is 1. The van der Waals surface area contributed by atoms with Crippen molar-refractivity contribution in [1.29, 1.82) is 0 Å². The van der Waals surface area contributed by atoms with Gasteiger partial charge >= 0.3 is 16.3 Å². The molecule has 31 heavy (non-hydrogen) atoms. The molecule has 0 fully saturated rings. The Bertz CT molecular complexity index is 1070. The standard InChI is InChI=1S/C16H17N5O4S.C3H7NO/c1-2-20(10-13-11-21(12-18-13)26(22,23)24)15-8-9-17-16(19-15)25-14-6-4-3-5-7-14;1-4(2)3-5/h3-9,11-12H,2,10H2,1H3,(H,22,23,24);3H,1-2H3. The molecule has 0 radical (unpaired) electrons. The van der Waals surface area contributed by atoms with Gasteiger partial charge in [-0.05, 0) is 25.1 Å². The molecule has 1 aromatic carbocycles. The molecule has 0 spiro atoms. The summed E-state index contributed by atoms with van der Waals surface area (Å²) in [6.45, 7) is 2.83. The third-order valence-corrected chi connectivity index (χ3v) is 4.45. The fourth-order valence-electron chi connectivity index (χ4n) is 2.25. The summed E-state index contributed by atoms with van der Waals surface area (Å²) in [6.07, 6.45) is 4.63. The highest BCUT2D eigenvalue weighted by atomic mass is 32.2. The zero-order chi connectivity index (χ0) is 22.9. The van der Waals surface area contributed by atoms with Crippen molar-refractivity contribution in [3.63, 3.8) is 0 Å². The van der Waals surface area contributed by atoms with Crippen LogP contribution in [0.2, 0.25) is 0 Å². The van der Waals surface area contributed by atoms with Gasteiger partial charge in [-0.25, -0.2) is 13.9 Å². The summed E-state index contributed by atoms with van der Waals surface area (Å²) in [6, 6.07) is 11.1. The number of ether oxygens (including phenoxy) is 1. The molecule has 3 rings (SSSR count). The molecule has 2 aromatic heterocycles. The number of carbonyl (C=O) groups is 1. The van der Waals surface area contributed by atoms with E-state index in [1.54, 1.807) is 38.5 Å². The molecule has 2 heterocycles. The van der Waals surface area contributed by atoms with Crippen LogP contribution < -0.4 is 9.64 Å². The zero-order valence-electron chi connectivity index (χ0n) is 17.4.